The molecule has 4 aromatic rings. The average molecular weight is 565 g/mol. The van der Waals surface area contributed by atoms with E-state index >= 15 is 0 Å². The molecule has 4 rings (SSSR count). The minimum absolute atomic E-state index is 0.0205. The Kier molecular flexibility index (Phi) is 8.23. The maximum atomic E-state index is 13.2. The summed E-state index contributed by atoms with van der Waals surface area (Å²) < 4.78 is 34.5. The number of nitrogens with one attached hydrogen (secondary N) is 1. The smallest absolute Gasteiger partial charge is 0.265 e. The van der Waals surface area contributed by atoms with E-state index in [0.717, 1.165) is 32.5 Å². The van der Waals surface area contributed by atoms with Gasteiger partial charge in [0.2, 0.25) is 0 Å². The number of amides is 1. The fraction of sp³-hybridized carbons (Fsp3) is 0.138. The van der Waals surface area contributed by atoms with Gasteiger partial charge in [0.1, 0.15) is 5.75 Å². The highest BCUT2D eigenvalue weighted by Gasteiger charge is 2.21. The molecule has 1 amide bonds. The van der Waals surface area contributed by atoms with Crippen LogP contribution in [0.2, 0.25) is 0 Å². The highest BCUT2D eigenvalue weighted by Crippen LogP contribution is 2.32. The van der Waals surface area contributed by atoms with Gasteiger partial charge >= 0.3 is 0 Å². The van der Waals surface area contributed by atoms with E-state index in [1.165, 1.54) is 12.1 Å². The maximum Gasteiger partial charge on any atom is 0.265 e. The van der Waals surface area contributed by atoms with Gasteiger partial charge in [0.25, 0.3) is 15.9 Å². The van der Waals surface area contributed by atoms with Crippen molar-refractivity contribution in [1.82, 2.24) is 4.72 Å². The predicted molar refractivity (Wildman–Crippen MR) is 146 cm³/mol. The average Bonchev–Trinajstić information content (AvgIpc) is 2.88. The molecule has 4 aromatic carbocycles. The lowest BCUT2D eigenvalue weighted by Crippen LogP contribution is -2.31. The Morgan fingerprint density at radius 3 is 2.28 bits per heavy atom. The van der Waals surface area contributed by atoms with Crippen molar-refractivity contribution in [2.45, 2.75) is 24.7 Å². The fourth-order valence-corrected chi connectivity index (χ4v) is 5.18. The summed E-state index contributed by atoms with van der Waals surface area (Å²) in [6.07, 6.45) is 1.27. The van der Waals surface area contributed by atoms with Gasteiger partial charge in [0.15, 0.2) is 0 Å². The summed E-state index contributed by atoms with van der Waals surface area (Å²) in [5, 5.41) is 0. The Morgan fingerprint density at radius 2 is 1.56 bits per heavy atom. The SMILES string of the molecule is CCOc1ccccc1-c1ccc(C(=O)NS(=O)(=O)c2ccc(Br)cc2)c(CCc2ccccc2)c1. The Bertz CT molecular complexity index is 1450. The molecule has 0 heterocycles. The van der Waals surface area contributed by atoms with Gasteiger partial charge in [-0.25, -0.2) is 13.1 Å². The molecule has 0 unspecified atom stereocenters. The van der Waals surface area contributed by atoms with E-state index in [2.05, 4.69) is 20.7 Å². The third-order valence-electron chi connectivity index (χ3n) is 5.72. The van der Waals surface area contributed by atoms with Crippen molar-refractivity contribution in [3.05, 3.63) is 118 Å². The molecule has 0 aliphatic rings. The molecule has 0 atom stereocenters. The molecule has 0 saturated carbocycles. The van der Waals surface area contributed by atoms with Crippen LogP contribution in [0.1, 0.15) is 28.4 Å². The van der Waals surface area contributed by atoms with Crippen LogP contribution < -0.4 is 9.46 Å². The molecule has 0 saturated heterocycles. The first-order valence-corrected chi connectivity index (χ1v) is 13.9. The second-order valence-corrected chi connectivity index (χ2v) is 10.8. The van der Waals surface area contributed by atoms with Crippen molar-refractivity contribution in [2.75, 3.05) is 6.61 Å². The van der Waals surface area contributed by atoms with Gasteiger partial charge in [0, 0.05) is 15.6 Å². The standard InChI is InChI=1S/C29H26BrNO4S/c1-2-35-28-11-7-6-10-26(28)22-14-19-27(23(20-22)13-12-21-8-4-3-5-9-21)29(32)31-36(33,34)25-17-15-24(30)16-18-25/h3-11,14-20H,2,12-13H2,1H3,(H,31,32). The van der Waals surface area contributed by atoms with E-state index in [0.29, 0.717) is 25.0 Å². The number of ether oxygens (including phenoxy) is 1. The molecule has 184 valence electrons. The molecular formula is C29H26BrNO4S. The number of carbonyl (C=O) groups excluding carboxylic acids is 1. The molecular weight excluding hydrogens is 538 g/mol. The van der Waals surface area contributed by atoms with Crippen molar-refractivity contribution in [3.63, 3.8) is 0 Å². The Labute approximate surface area is 220 Å². The normalized spacial score (nSPS) is 11.2. The van der Waals surface area contributed by atoms with Crippen LogP contribution >= 0.6 is 15.9 Å². The van der Waals surface area contributed by atoms with Crippen LogP contribution in [0.3, 0.4) is 0 Å². The van der Waals surface area contributed by atoms with Gasteiger partial charge in [-0.15, -0.1) is 0 Å². The van der Waals surface area contributed by atoms with E-state index in [-0.39, 0.29) is 4.90 Å². The topological polar surface area (TPSA) is 72.5 Å². The van der Waals surface area contributed by atoms with Gasteiger partial charge in [-0.05, 0) is 72.9 Å². The largest absolute Gasteiger partial charge is 0.493 e. The van der Waals surface area contributed by atoms with Crippen LogP contribution in [0.25, 0.3) is 11.1 Å². The maximum absolute atomic E-state index is 13.2. The van der Waals surface area contributed by atoms with Crippen LogP contribution in [-0.4, -0.2) is 20.9 Å². The van der Waals surface area contributed by atoms with Crippen molar-refractivity contribution in [1.29, 1.82) is 0 Å². The fourth-order valence-electron chi connectivity index (χ4n) is 3.95. The lowest BCUT2D eigenvalue weighted by atomic mass is 9.94. The van der Waals surface area contributed by atoms with Gasteiger partial charge in [-0.2, -0.15) is 0 Å². The number of aryl methyl sites for hydroxylation is 2. The second-order valence-electron chi connectivity index (χ2n) is 8.18. The number of rotatable bonds is 9. The van der Waals surface area contributed by atoms with E-state index in [1.807, 2.05) is 73.7 Å². The molecule has 0 bridgehead atoms. The third kappa shape index (κ3) is 6.22. The van der Waals surface area contributed by atoms with E-state index < -0.39 is 15.9 Å². The number of halogens is 1. The van der Waals surface area contributed by atoms with Crippen molar-refractivity contribution in [2.24, 2.45) is 0 Å². The Balaban J connectivity index is 1.69. The third-order valence-corrected chi connectivity index (χ3v) is 7.60. The summed E-state index contributed by atoms with van der Waals surface area (Å²) in [6.45, 7) is 2.47. The highest BCUT2D eigenvalue weighted by atomic mass is 79.9. The molecule has 5 nitrogen and oxygen atoms in total. The molecule has 0 spiro atoms. The first-order chi connectivity index (χ1) is 17.4. The van der Waals surface area contributed by atoms with Gasteiger partial charge < -0.3 is 4.74 Å². The highest BCUT2D eigenvalue weighted by molar-refractivity contribution is 9.10. The van der Waals surface area contributed by atoms with Crippen molar-refractivity contribution < 1.29 is 17.9 Å². The number of carbonyl (C=O) groups is 1. The first-order valence-electron chi connectivity index (χ1n) is 11.6. The number of hydrogen-bond acceptors (Lipinski definition) is 4. The lowest BCUT2D eigenvalue weighted by molar-refractivity contribution is 0.0980. The van der Waals surface area contributed by atoms with Gasteiger partial charge in [0.05, 0.1) is 11.5 Å². The molecule has 0 fully saturated rings. The zero-order chi connectivity index (χ0) is 25.5. The molecule has 0 radical (unpaired) electrons. The zero-order valence-corrected chi connectivity index (χ0v) is 22.2. The molecule has 0 aliphatic heterocycles. The number of benzene rings is 4. The summed E-state index contributed by atoms with van der Waals surface area (Å²) >= 11 is 3.30. The summed E-state index contributed by atoms with van der Waals surface area (Å²) in [4.78, 5) is 13.2. The van der Waals surface area contributed by atoms with Crippen LogP contribution in [0.15, 0.2) is 106 Å². The molecule has 0 aromatic heterocycles. The number of sulfonamides is 1. The van der Waals surface area contributed by atoms with Gasteiger partial charge in [-0.1, -0.05) is 76.6 Å². The van der Waals surface area contributed by atoms with Gasteiger partial charge in [-0.3, -0.25) is 4.79 Å². The lowest BCUT2D eigenvalue weighted by Gasteiger charge is -2.15. The summed E-state index contributed by atoms with van der Waals surface area (Å²) in [5.41, 5.74) is 4.02. The summed E-state index contributed by atoms with van der Waals surface area (Å²) in [7, 11) is -4.03. The van der Waals surface area contributed by atoms with E-state index in [9.17, 15) is 13.2 Å². The van der Waals surface area contributed by atoms with Crippen LogP contribution in [0, 0.1) is 0 Å². The van der Waals surface area contributed by atoms with Crippen LogP contribution in [0.5, 0.6) is 5.75 Å². The minimum atomic E-state index is -4.03. The monoisotopic (exact) mass is 563 g/mol. The number of para-hydroxylation sites is 1. The van der Waals surface area contributed by atoms with Crippen molar-refractivity contribution >= 4 is 31.9 Å². The Hall–Kier alpha value is -3.42. The summed E-state index contributed by atoms with van der Waals surface area (Å²) in [5.74, 6) is 0.0923. The molecule has 1 N–H and O–H groups in total. The quantitative estimate of drug-likeness (QED) is 0.255. The van der Waals surface area contributed by atoms with Crippen LogP contribution in [0.4, 0.5) is 0 Å². The first kappa shape index (κ1) is 25.7. The predicted octanol–water partition coefficient (Wildman–Crippen LogP) is 6.42. The van der Waals surface area contributed by atoms with E-state index in [1.54, 1.807) is 18.2 Å². The van der Waals surface area contributed by atoms with Crippen molar-refractivity contribution in [3.8, 4) is 16.9 Å². The molecule has 0 aliphatic carbocycles. The van der Waals surface area contributed by atoms with Crippen LogP contribution in [-0.2, 0) is 22.9 Å². The summed E-state index contributed by atoms with van der Waals surface area (Å²) in [6, 6.07) is 29.3. The van der Waals surface area contributed by atoms with E-state index in [4.69, 9.17) is 4.74 Å². The second kappa shape index (κ2) is 11.5. The zero-order valence-electron chi connectivity index (χ0n) is 19.8. The molecule has 36 heavy (non-hydrogen) atoms. The minimum Gasteiger partial charge on any atom is -0.493 e. The molecule has 7 heteroatoms. The number of hydrogen-bond donors (Lipinski definition) is 1. The Morgan fingerprint density at radius 1 is 0.861 bits per heavy atom.